The molecule has 130 valence electrons. The molecule has 5 nitrogen and oxygen atoms in total. The van der Waals surface area contributed by atoms with Crippen LogP contribution in [0.5, 0.6) is 0 Å². The van der Waals surface area contributed by atoms with Crippen molar-refractivity contribution in [3.8, 4) is 0 Å². The molecule has 0 aliphatic heterocycles. The second-order valence-electron chi connectivity index (χ2n) is 7.34. The highest BCUT2D eigenvalue weighted by Gasteiger charge is 2.42. The molecule has 2 fully saturated rings. The van der Waals surface area contributed by atoms with E-state index in [1.807, 2.05) is 24.3 Å². The predicted molar refractivity (Wildman–Crippen MR) is 94.5 cm³/mol. The molecule has 5 heteroatoms. The van der Waals surface area contributed by atoms with Gasteiger partial charge in [0, 0.05) is 25.2 Å². The minimum absolute atomic E-state index is 0.0995. The Morgan fingerprint density at radius 3 is 2.75 bits per heavy atom. The third-order valence-corrected chi connectivity index (χ3v) is 5.49. The number of carbonyl (C=O) groups excluding carboxylic acids is 2. The normalized spacial score (nSPS) is 26.0. The van der Waals surface area contributed by atoms with Crippen molar-refractivity contribution in [3.63, 3.8) is 0 Å². The minimum atomic E-state index is -0.116. The third-order valence-electron chi connectivity index (χ3n) is 5.49. The van der Waals surface area contributed by atoms with Gasteiger partial charge < -0.3 is 16.0 Å². The Balaban J connectivity index is 1.46. The van der Waals surface area contributed by atoms with Gasteiger partial charge in [-0.15, -0.1) is 0 Å². The van der Waals surface area contributed by atoms with Crippen LogP contribution in [0.15, 0.2) is 24.3 Å². The van der Waals surface area contributed by atoms with Gasteiger partial charge in [0.25, 0.3) is 0 Å². The quantitative estimate of drug-likeness (QED) is 0.776. The van der Waals surface area contributed by atoms with Crippen LogP contribution in [0.1, 0.15) is 45.1 Å². The van der Waals surface area contributed by atoms with Crippen molar-refractivity contribution in [1.29, 1.82) is 0 Å². The number of benzene rings is 1. The van der Waals surface area contributed by atoms with E-state index in [9.17, 15) is 9.59 Å². The van der Waals surface area contributed by atoms with Crippen molar-refractivity contribution < 1.29 is 9.59 Å². The molecular formula is C19H27N3O2. The third kappa shape index (κ3) is 4.08. The lowest BCUT2D eigenvalue weighted by molar-refractivity contribution is -0.114. The van der Waals surface area contributed by atoms with E-state index >= 15 is 0 Å². The average Bonchev–Trinajstić information content (AvgIpc) is 3.15. The Morgan fingerprint density at radius 1 is 1.25 bits per heavy atom. The molecule has 4 atom stereocenters. The van der Waals surface area contributed by atoms with Crippen molar-refractivity contribution in [2.24, 2.45) is 17.8 Å². The van der Waals surface area contributed by atoms with E-state index in [0.717, 1.165) is 23.1 Å². The SMILES string of the molecule is CC(=O)Nc1cccc(CNC(=O)NC(C)C2CC3CCC2C3)c1. The molecular weight excluding hydrogens is 302 g/mol. The van der Waals surface area contributed by atoms with Crippen LogP contribution >= 0.6 is 0 Å². The average molecular weight is 329 g/mol. The first kappa shape index (κ1) is 16.8. The summed E-state index contributed by atoms with van der Waals surface area (Å²) in [7, 11) is 0. The number of hydrogen-bond acceptors (Lipinski definition) is 2. The van der Waals surface area contributed by atoms with Gasteiger partial charge in [0.15, 0.2) is 0 Å². The van der Waals surface area contributed by atoms with Crippen molar-refractivity contribution in [1.82, 2.24) is 10.6 Å². The van der Waals surface area contributed by atoms with E-state index in [0.29, 0.717) is 12.5 Å². The number of rotatable bonds is 5. The van der Waals surface area contributed by atoms with Gasteiger partial charge >= 0.3 is 6.03 Å². The summed E-state index contributed by atoms with van der Waals surface area (Å²) >= 11 is 0. The van der Waals surface area contributed by atoms with Gasteiger partial charge in [-0.05, 0) is 61.6 Å². The summed E-state index contributed by atoms with van der Waals surface area (Å²) in [5.41, 5.74) is 1.71. The van der Waals surface area contributed by atoms with Gasteiger partial charge in [0.1, 0.15) is 0 Å². The standard InChI is InChI=1S/C19H27N3O2/c1-12(18-10-14-6-7-16(18)8-14)21-19(24)20-11-15-4-3-5-17(9-15)22-13(2)23/h3-5,9,12,14,16,18H,6-8,10-11H2,1-2H3,(H,22,23)(H2,20,21,24). The molecule has 0 radical (unpaired) electrons. The molecule has 1 aromatic rings. The van der Waals surface area contributed by atoms with Crippen LogP contribution in [0.2, 0.25) is 0 Å². The maximum absolute atomic E-state index is 12.2. The number of hydrogen-bond donors (Lipinski definition) is 3. The smallest absolute Gasteiger partial charge is 0.315 e. The number of fused-ring (bicyclic) bond motifs is 2. The van der Waals surface area contributed by atoms with Crippen LogP contribution in [-0.4, -0.2) is 18.0 Å². The molecule has 24 heavy (non-hydrogen) atoms. The first-order chi connectivity index (χ1) is 11.5. The summed E-state index contributed by atoms with van der Waals surface area (Å²) in [6.07, 6.45) is 5.34. The topological polar surface area (TPSA) is 70.2 Å². The zero-order chi connectivity index (χ0) is 17.1. The maximum atomic E-state index is 12.2. The molecule has 0 spiro atoms. The summed E-state index contributed by atoms with van der Waals surface area (Å²) in [5.74, 6) is 2.23. The molecule has 0 heterocycles. The molecule has 3 amide bonds. The Morgan fingerprint density at radius 2 is 2.08 bits per heavy atom. The first-order valence-electron chi connectivity index (χ1n) is 8.92. The number of urea groups is 1. The number of carbonyl (C=O) groups is 2. The maximum Gasteiger partial charge on any atom is 0.315 e. The second-order valence-corrected chi connectivity index (χ2v) is 7.34. The predicted octanol–water partition coefficient (Wildman–Crippen LogP) is 3.27. The van der Waals surface area contributed by atoms with E-state index in [2.05, 4.69) is 22.9 Å². The zero-order valence-corrected chi connectivity index (χ0v) is 14.5. The Labute approximate surface area is 143 Å². The van der Waals surface area contributed by atoms with E-state index in [1.54, 1.807) is 0 Å². The lowest BCUT2D eigenvalue weighted by Crippen LogP contribution is -2.45. The highest BCUT2D eigenvalue weighted by atomic mass is 16.2. The molecule has 3 rings (SSSR count). The molecule has 1 aromatic carbocycles. The molecule has 4 unspecified atom stereocenters. The van der Waals surface area contributed by atoms with Gasteiger partial charge in [-0.1, -0.05) is 18.6 Å². The van der Waals surface area contributed by atoms with Crippen molar-refractivity contribution in [3.05, 3.63) is 29.8 Å². The van der Waals surface area contributed by atoms with Crippen LogP contribution in [0.3, 0.4) is 0 Å². The fourth-order valence-electron chi connectivity index (χ4n) is 4.42. The van der Waals surface area contributed by atoms with Gasteiger partial charge in [-0.3, -0.25) is 4.79 Å². The largest absolute Gasteiger partial charge is 0.335 e. The number of anilines is 1. The fraction of sp³-hybridized carbons (Fsp3) is 0.579. The van der Waals surface area contributed by atoms with Crippen molar-refractivity contribution in [2.45, 2.75) is 52.1 Å². The highest BCUT2D eigenvalue weighted by Crippen LogP contribution is 2.49. The van der Waals surface area contributed by atoms with E-state index < -0.39 is 0 Å². The first-order valence-corrected chi connectivity index (χ1v) is 8.92. The van der Waals surface area contributed by atoms with Crippen LogP contribution in [0.25, 0.3) is 0 Å². The summed E-state index contributed by atoms with van der Waals surface area (Å²) < 4.78 is 0. The summed E-state index contributed by atoms with van der Waals surface area (Å²) in [4.78, 5) is 23.3. The molecule has 2 aliphatic carbocycles. The Bertz CT molecular complexity index is 616. The second kappa shape index (κ2) is 7.24. The Kier molecular flexibility index (Phi) is 5.07. The molecule has 0 saturated heterocycles. The van der Waals surface area contributed by atoms with E-state index in [1.165, 1.54) is 32.6 Å². The van der Waals surface area contributed by atoms with E-state index in [4.69, 9.17) is 0 Å². The van der Waals surface area contributed by atoms with E-state index in [-0.39, 0.29) is 18.0 Å². The van der Waals surface area contributed by atoms with Crippen LogP contribution in [0.4, 0.5) is 10.5 Å². The number of amides is 3. The molecule has 0 aromatic heterocycles. The van der Waals surface area contributed by atoms with Crippen LogP contribution < -0.4 is 16.0 Å². The minimum Gasteiger partial charge on any atom is -0.335 e. The van der Waals surface area contributed by atoms with Crippen LogP contribution in [-0.2, 0) is 11.3 Å². The van der Waals surface area contributed by atoms with Crippen molar-refractivity contribution in [2.75, 3.05) is 5.32 Å². The molecule has 2 saturated carbocycles. The Hall–Kier alpha value is -2.04. The van der Waals surface area contributed by atoms with Gasteiger partial charge in [0.05, 0.1) is 0 Å². The van der Waals surface area contributed by atoms with Crippen LogP contribution in [0, 0.1) is 17.8 Å². The monoisotopic (exact) mass is 329 g/mol. The van der Waals surface area contributed by atoms with Gasteiger partial charge in [-0.25, -0.2) is 4.79 Å². The number of nitrogens with one attached hydrogen (secondary N) is 3. The van der Waals surface area contributed by atoms with Gasteiger partial charge in [0.2, 0.25) is 5.91 Å². The van der Waals surface area contributed by atoms with Crippen molar-refractivity contribution >= 4 is 17.6 Å². The summed E-state index contributed by atoms with van der Waals surface area (Å²) in [5, 5.41) is 8.77. The fourth-order valence-corrected chi connectivity index (χ4v) is 4.42. The molecule has 2 bridgehead atoms. The highest BCUT2D eigenvalue weighted by molar-refractivity contribution is 5.88. The molecule has 3 N–H and O–H groups in total. The van der Waals surface area contributed by atoms with Gasteiger partial charge in [-0.2, -0.15) is 0 Å². The zero-order valence-electron chi connectivity index (χ0n) is 14.5. The lowest BCUT2D eigenvalue weighted by atomic mass is 9.84. The lowest BCUT2D eigenvalue weighted by Gasteiger charge is -2.28. The molecule has 2 aliphatic rings. The summed E-state index contributed by atoms with van der Waals surface area (Å²) in [6.45, 7) is 4.06. The summed E-state index contributed by atoms with van der Waals surface area (Å²) in [6, 6.07) is 7.63.